The van der Waals surface area contributed by atoms with E-state index in [9.17, 15) is 23.2 Å². The van der Waals surface area contributed by atoms with E-state index in [4.69, 9.17) is 46.4 Å². The Morgan fingerprint density at radius 1 is 0.759 bits per heavy atom. The first kappa shape index (κ1) is 22.0. The molecule has 3 N–H and O–H groups in total. The second-order valence-corrected chi connectivity index (χ2v) is 9.24. The molecule has 0 fully saturated rings. The van der Waals surface area contributed by atoms with Gasteiger partial charge in [0.05, 0.1) is 20.1 Å². The number of halogens is 4. The molecule has 152 valence electrons. The van der Waals surface area contributed by atoms with Gasteiger partial charge in [0, 0.05) is 11.6 Å². The van der Waals surface area contributed by atoms with Gasteiger partial charge in [0.25, 0.3) is 10.1 Å². The van der Waals surface area contributed by atoms with Crippen LogP contribution in [0.3, 0.4) is 0 Å². The zero-order valence-corrected chi connectivity index (χ0v) is 18.1. The van der Waals surface area contributed by atoms with Gasteiger partial charge < -0.3 is 10.2 Å². The summed E-state index contributed by atoms with van der Waals surface area (Å²) in [4.78, 5) is 0. The molecule has 10 heteroatoms. The average molecular weight is 494 g/mol. The van der Waals surface area contributed by atoms with Gasteiger partial charge in [-0.2, -0.15) is 8.42 Å². The van der Waals surface area contributed by atoms with Crippen LogP contribution in [0.1, 0.15) is 16.7 Å². The Morgan fingerprint density at radius 3 is 1.83 bits per heavy atom. The summed E-state index contributed by atoms with van der Waals surface area (Å²) in [5.41, 5.74) is -0.346. The summed E-state index contributed by atoms with van der Waals surface area (Å²) in [6, 6.07) is 12.0. The van der Waals surface area contributed by atoms with Gasteiger partial charge in [-0.05, 0) is 29.3 Å². The second-order valence-electron chi connectivity index (χ2n) is 6.10. The average Bonchev–Trinajstić information content (AvgIpc) is 2.63. The van der Waals surface area contributed by atoms with Crippen molar-refractivity contribution in [2.24, 2.45) is 0 Å². The zero-order valence-electron chi connectivity index (χ0n) is 14.3. The van der Waals surface area contributed by atoms with E-state index in [1.807, 2.05) is 0 Å². The fourth-order valence-electron chi connectivity index (χ4n) is 3.20. The molecule has 0 spiro atoms. The maximum atomic E-state index is 13.0. The van der Waals surface area contributed by atoms with Crippen molar-refractivity contribution in [2.75, 3.05) is 0 Å². The lowest BCUT2D eigenvalue weighted by Gasteiger charge is -2.33. The molecule has 3 aromatic rings. The van der Waals surface area contributed by atoms with E-state index >= 15 is 0 Å². The van der Waals surface area contributed by atoms with E-state index in [1.165, 1.54) is 24.3 Å². The molecule has 0 aliphatic carbocycles. The van der Waals surface area contributed by atoms with E-state index in [2.05, 4.69) is 0 Å². The zero-order chi connectivity index (χ0) is 21.6. The molecule has 1 unspecified atom stereocenters. The summed E-state index contributed by atoms with van der Waals surface area (Å²) in [6.07, 6.45) is 0. The van der Waals surface area contributed by atoms with Crippen LogP contribution in [0.4, 0.5) is 0 Å². The van der Waals surface area contributed by atoms with E-state index in [1.54, 1.807) is 18.2 Å². The van der Waals surface area contributed by atoms with Crippen LogP contribution in [0, 0.1) is 0 Å². The van der Waals surface area contributed by atoms with Gasteiger partial charge in [-0.15, -0.1) is 0 Å². The molecule has 3 rings (SSSR count). The van der Waals surface area contributed by atoms with E-state index in [-0.39, 0.29) is 31.8 Å². The summed E-state index contributed by atoms with van der Waals surface area (Å²) in [5, 5.41) is 19.6. The predicted octanol–water partition coefficient (Wildman–Crippen LogP) is 5.89. The topological polar surface area (TPSA) is 94.8 Å². The maximum absolute atomic E-state index is 13.0. The lowest BCUT2D eigenvalue weighted by Crippen LogP contribution is -2.38. The van der Waals surface area contributed by atoms with Gasteiger partial charge >= 0.3 is 0 Å². The van der Waals surface area contributed by atoms with Crippen LogP contribution in [0.25, 0.3) is 0 Å². The molecule has 0 amide bonds. The Bertz CT molecular complexity index is 1180. The molecule has 0 bridgehead atoms. The number of hydrogen-bond donors (Lipinski definition) is 3. The molecule has 3 aromatic carbocycles. The third-order valence-corrected chi connectivity index (χ3v) is 7.43. The minimum Gasteiger partial charge on any atom is -0.508 e. The van der Waals surface area contributed by atoms with Crippen LogP contribution in [-0.4, -0.2) is 23.2 Å². The largest absolute Gasteiger partial charge is 0.508 e. The van der Waals surface area contributed by atoms with Crippen molar-refractivity contribution in [3.63, 3.8) is 0 Å². The van der Waals surface area contributed by atoms with Crippen LogP contribution >= 0.6 is 46.4 Å². The van der Waals surface area contributed by atoms with Crippen LogP contribution in [0.15, 0.2) is 54.6 Å². The first-order valence-electron chi connectivity index (χ1n) is 7.89. The van der Waals surface area contributed by atoms with Gasteiger partial charge in [0.2, 0.25) is 0 Å². The van der Waals surface area contributed by atoms with Crippen molar-refractivity contribution in [2.45, 2.75) is 4.75 Å². The third kappa shape index (κ3) is 3.65. The van der Waals surface area contributed by atoms with Crippen LogP contribution in [0.2, 0.25) is 20.1 Å². The smallest absolute Gasteiger partial charge is 0.283 e. The molecule has 29 heavy (non-hydrogen) atoms. The molecule has 0 saturated heterocycles. The summed E-state index contributed by atoms with van der Waals surface area (Å²) in [7, 11) is -5.06. The van der Waals surface area contributed by atoms with Crippen molar-refractivity contribution >= 4 is 56.5 Å². The van der Waals surface area contributed by atoms with Crippen LogP contribution < -0.4 is 0 Å². The van der Waals surface area contributed by atoms with Crippen molar-refractivity contribution in [1.82, 2.24) is 0 Å². The number of phenolic OH excluding ortho intramolecular Hbond substituents is 2. The van der Waals surface area contributed by atoms with Gasteiger partial charge in [-0.1, -0.05) is 76.7 Å². The highest BCUT2D eigenvalue weighted by atomic mass is 35.5. The van der Waals surface area contributed by atoms with E-state index in [0.717, 1.165) is 12.1 Å². The number of benzene rings is 3. The first-order chi connectivity index (χ1) is 13.5. The quantitative estimate of drug-likeness (QED) is 0.239. The standard InChI is InChI=1S/C19H12Cl4O5S/c20-14-6-11(7-15(21)18(14)23)19(29(26,27)28,10-4-2-1-3-5-10)13-8-12(24)9-16(25)17(13)22/h1-9,24-25H,(H,26,27,28). The van der Waals surface area contributed by atoms with E-state index in [0.29, 0.717) is 0 Å². The second kappa shape index (κ2) is 7.87. The first-order valence-corrected chi connectivity index (χ1v) is 10.8. The third-order valence-electron chi connectivity index (χ3n) is 4.38. The highest BCUT2D eigenvalue weighted by Gasteiger charge is 2.50. The molecule has 0 aromatic heterocycles. The minimum atomic E-state index is -5.06. The van der Waals surface area contributed by atoms with Crippen LogP contribution in [-0.2, 0) is 14.9 Å². The Kier molecular flexibility index (Phi) is 5.98. The number of aromatic hydroxyl groups is 2. The van der Waals surface area contributed by atoms with Gasteiger partial charge in [-0.25, -0.2) is 0 Å². The fraction of sp³-hybridized carbons (Fsp3) is 0.0526. The molecule has 5 nitrogen and oxygen atoms in total. The highest BCUT2D eigenvalue weighted by molar-refractivity contribution is 7.87. The SMILES string of the molecule is O=S(=O)(O)C(c1ccccc1)(c1cc(Cl)c(Cl)c(Cl)c1)c1cc(O)cc(O)c1Cl. The summed E-state index contributed by atoms with van der Waals surface area (Å²) in [6.45, 7) is 0. The summed E-state index contributed by atoms with van der Waals surface area (Å²) in [5.74, 6) is -1.06. The lowest BCUT2D eigenvalue weighted by molar-refractivity contribution is 0.444. The fourth-order valence-corrected chi connectivity index (χ4v) is 5.39. The Morgan fingerprint density at radius 2 is 1.31 bits per heavy atom. The van der Waals surface area contributed by atoms with E-state index < -0.39 is 31.4 Å². The van der Waals surface area contributed by atoms with Gasteiger partial charge in [0.15, 0.2) is 4.75 Å². The number of hydrogen-bond acceptors (Lipinski definition) is 4. The normalized spacial score (nSPS) is 13.8. The Hall–Kier alpha value is -1.67. The lowest BCUT2D eigenvalue weighted by atomic mass is 9.83. The molecular formula is C19H12Cl4O5S. The maximum Gasteiger partial charge on any atom is 0.283 e. The van der Waals surface area contributed by atoms with Crippen LogP contribution in [0.5, 0.6) is 11.5 Å². The summed E-state index contributed by atoms with van der Waals surface area (Å²) < 4.78 is 34.0. The monoisotopic (exact) mass is 492 g/mol. The Labute approximate surface area is 186 Å². The van der Waals surface area contributed by atoms with Crippen molar-refractivity contribution in [3.05, 3.63) is 91.4 Å². The van der Waals surface area contributed by atoms with Gasteiger partial charge in [-0.3, -0.25) is 4.55 Å². The van der Waals surface area contributed by atoms with Crippen molar-refractivity contribution in [3.8, 4) is 11.5 Å². The molecule has 0 heterocycles. The number of phenols is 2. The molecule has 0 saturated carbocycles. The van der Waals surface area contributed by atoms with Crippen molar-refractivity contribution < 1.29 is 23.2 Å². The molecule has 0 radical (unpaired) electrons. The predicted molar refractivity (Wildman–Crippen MR) is 114 cm³/mol. The Balaban J connectivity index is 2.62. The molecule has 0 aliphatic heterocycles. The molecular weight excluding hydrogens is 482 g/mol. The molecule has 0 aliphatic rings. The van der Waals surface area contributed by atoms with Gasteiger partial charge in [0.1, 0.15) is 11.5 Å². The summed E-state index contributed by atoms with van der Waals surface area (Å²) >= 11 is 24.5. The van der Waals surface area contributed by atoms with Crippen molar-refractivity contribution in [1.29, 1.82) is 0 Å². The highest BCUT2D eigenvalue weighted by Crippen LogP contribution is 2.51. The number of rotatable bonds is 4. The molecule has 1 atom stereocenters. The minimum absolute atomic E-state index is 0.0146.